The molecular formula is C16H32N2O2. The van der Waals surface area contributed by atoms with Gasteiger partial charge in [-0.05, 0) is 44.8 Å². The maximum absolute atomic E-state index is 9.95. The van der Waals surface area contributed by atoms with E-state index >= 15 is 0 Å². The highest BCUT2D eigenvalue weighted by atomic mass is 16.5. The number of rotatable bonds is 8. The largest absolute Gasteiger partial charge is 0.389 e. The van der Waals surface area contributed by atoms with E-state index in [9.17, 15) is 5.11 Å². The summed E-state index contributed by atoms with van der Waals surface area (Å²) < 4.78 is 5.80. The highest BCUT2D eigenvalue weighted by Crippen LogP contribution is 2.20. The summed E-state index contributed by atoms with van der Waals surface area (Å²) in [5.74, 6) is 0.751. The van der Waals surface area contributed by atoms with Gasteiger partial charge >= 0.3 is 0 Å². The molecule has 2 rings (SSSR count). The van der Waals surface area contributed by atoms with E-state index in [2.05, 4.69) is 17.1 Å². The van der Waals surface area contributed by atoms with Crippen LogP contribution in [0, 0.1) is 5.92 Å². The van der Waals surface area contributed by atoms with Crippen molar-refractivity contribution in [2.75, 3.05) is 39.3 Å². The Hall–Kier alpha value is -0.160. The van der Waals surface area contributed by atoms with Crippen molar-refractivity contribution < 1.29 is 9.84 Å². The summed E-state index contributed by atoms with van der Waals surface area (Å²) in [5.41, 5.74) is 0. The van der Waals surface area contributed by atoms with Gasteiger partial charge in [-0.3, -0.25) is 0 Å². The van der Waals surface area contributed by atoms with Gasteiger partial charge in [-0.15, -0.1) is 0 Å². The molecule has 4 heteroatoms. The van der Waals surface area contributed by atoms with E-state index in [-0.39, 0.29) is 6.10 Å². The van der Waals surface area contributed by atoms with Crippen LogP contribution in [0.25, 0.3) is 0 Å². The Balaban J connectivity index is 1.48. The van der Waals surface area contributed by atoms with Crippen molar-refractivity contribution in [3.8, 4) is 0 Å². The average molecular weight is 284 g/mol. The van der Waals surface area contributed by atoms with Crippen LogP contribution in [0.1, 0.15) is 45.4 Å². The number of hydrogen-bond donors (Lipinski definition) is 2. The summed E-state index contributed by atoms with van der Waals surface area (Å²) in [4.78, 5) is 2.50. The fraction of sp³-hybridized carbons (Fsp3) is 1.00. The molecule has 2 unspecified atom stereocenters. The van der Waals surface area contributed by atoms with Gasteiger partial charge in [0.05, 0.1) is 18.8 Å². The fourth-order valence-corrected chi connectivity index (χ4v) is 3.36. The van der Waals surface area contributed by atoms with Crippen molar-refractivity contribution in [3.05, 3.63) is 0 Å². The first-order valence-corrected chi connectivity index (χ1v) is 8.50. The molecule has 0 spiro atoms. The molecule has 2 atom stereocenters. The Labute approximate surface area is 123 Å². The standard InChI is InChI=1S/C16H32N2O2/c1-2-18-9-8-14(12-18)10-17-11-15(19)13-20-16-6-4-3-5-7-16/h14-17,19H,2-13H2,1H3. The minimum Gasteiger partial charge on any atom is -0.389 e. The van der Waals surface area contributed by atoms with E-state index in [0.717, 1.165) is 19.0 Å². The highest BCUT2D eigenvalue weighted by Gasteiger charge is 2.21. The molecule has 4 nitrogen and oxygen atoms in total. The van der Waals surface area contributed by atoms with E-state index < -0.39 is 0 Å². The Bertz CT molecular complexity index is 257. The zero-order valence-electron chi connectivity index (χ0n) is 13.0. The minimum absolute atomic E-state index is 0.361. The van der Waals surface area contributed by atoms with Crippen molar-refractivity contribution >= 4 is 0 Å². The van der Waals surface area contributed by atoms with Crippen molar-refractivity contribution in [2.45, 2.75) is 57.7 Å². The second kappa shape index (κ2) is 8.98. The van der Waals surface area contributed by atoms with E-state index in [1.165, 1.54) is 51.6 Å². The SMILES string of the molecule is CCN1CCC(CNCC(O)COC2CCCCC2)C1. The summed E-state index contributed by atoms with van der Waals surface area (Å²) in [6.07, 6.45) is 7.59. The van der Waals surface area contributed by atoms with Crippen LogP contribution in [0.2, 0.25) is 0 Å². The van der Waals surface area contributed by atoms with E-state index in [1.807, 2.05) is 0 Å². The molecular weight excluding hydrogens is 252 g/mol. The lowest BCUT2D eigenvalue weighted by molar-refractivity contribution is -0.0230. The summed E-state index contributed by atoms with van der Waals surface area (Å²) in [6.45, 7) is 8.00. The van der Waals surface area contributed by atoms with Crippen LogP contribution in [0.4, 0.5) is 0 Å². The van der Waals surface area contributed by atoms with Gasteiger partial charge < -0.3 is 20.1 Å². The van der Waals surface area contributed by atoms with Crippen LogP contribution in [-0.4, -0.2) is 61.5 Å². The first kappa shape index (κ1) is 16.2. The lowest BCUT2D eigenvalue weighted by Gasteiger charge is -2.23. The average Bonchev–Trinajstić information content (AvgIpc) is 2.94. The van der Waals surface area contributed by atoms with Crippen LogP contribution in [0.5, 0.6) is 0 Å². The molecule has 0 aromatic heterocycles. The summed E-state index contributed by atoms with van der Waals surface area (Å²) >= 11 is 0. The van der Waals surface area contributed by atoms with Crippen LogP contribution < -0.4 is 5.32 Å². The van der Waals surface area contributed by atoms with Gasteiger partial charge in [0, 0.05) is 13.1 Å². The number of nitrogens with one attached hydrogen (secondary N) is 1. The quantitative estimate of drug-likeness (QED) is 0.711. The molecule has 0 aromatic rings. The normalized spacial score (nSPS) is 27.0. The number of ether oxygens (including phenoxy) is 1. The number of aliphatic hydroxyl groups is 1. The van der Waals surface area contributed by atoms with Crippen LogP contribution in [0.15, 0.2) is 0 Å². The van der Waals surface area contributed by atoms with Crippen molar-refractivity contribution in [1.29, 1.82) is 0 Å². The molecule has 0 bridgehead atoms. The molecule has 0 amide bonds. The number of likely N-dealkylation sites (tertiary alicyclic amines) is 1. The molecule has 1 aliphatic carbocycles. The lowest BCUT2D eigenvalue weighted by Crippen LogP contribution is -2.35. The second-order valence-corrected chi connectivity index (χ2v) is 6.45. The minimum atomic E-state index is -0.361. The van der Waals surface area contributed by atoms with Crippen LogP contribution in [0.3, 0.4) is 0 Å². The summed E-state index contributed by atoms with van der Waals surface area (Å²) in [5, 5.41) is 13.4. The van der Waals surface area contributed by atoms with E-state index in [4.69, 9.17) is 4.74 Å². The van der Waals surface area contributed by atoms with Gasteiger partial charge in [-0.25, -0.2) is 0 Å². The fourth-order valence-electron chi connectivity index (χ4n) is 3.36. The molecule has 2 fully saturated rings. The lowest BCUT2D eigenvalue weighted by atomic mass is 9.98. The smallest absolute Gasteiger partial charge is 0.0897 e. The highest BCUT2D eigenvalue weighted by molar-refractivity contribution is 4.76. The molecule has 1 saturated carbocycles. The Kier molecular flexibility index (Phi) is 7.28. The third-order valence-corrected chi connectivity index (χ3v) is 4.71. The van der Waals surface area contributed by atoms with E-state index in [0.29, 0.717) is 19.3 Å². The van der Waals surface area contributed by atoms with Crippen LogP contribution >= 0.6 is 0 Å². The topological polar surface area (TPSA) is 44.7 Å². The zero-order valence-corrected chi connectivity index (χ0v) is 13.0. The molecule has 1 aliphatic heterocycles. The zero-order chi connectivity index (χ0) is 14.2. The van der Waals surface area contributed by atoms with Gasteiger partial charge in [-0.1, -0.05) is 26.2 Å². The first-order valence-electron chi connectivity index (χ1n) is 8.50. The van der Waals surface area contributed by atoms with Crippen molar-refractivity contribution in [3.63, 3.8) is 0 Å². The Morgan fingerprint density at radius 2 is 2.05 bits per heavy atom. The van der Waals surface area contributed by atoms with Gasteiger partial charge in [0.15, 0.2) is 0 Å². The van der Waals surface area contributed by atoms with Gasteiger partial charge in [0.1, 0.15) is 0 Å². The summed E-state index contributed by atoms with van der Waals surface area (Å²) in [7, 11) is 0. The number of aliphatic hydroxyl groups excluding tert-OH is 1. The Morgan fingerprint density at radius 1 is 1.25 bits per heavy atom. The second-order valence-electron chi connectivity index (χ2n) is 6.45. The predicted molar refractivity (Wildman–Crippen MR) is 81.9 cm³/mol. The third kappa shape index (κ3) is 5.68. The first-order chi connectivity index (χ1) is 9.78. The molecule has 118 valence electrons. The third-order valence-electron chi connectivity index (χ3n) is 4.71. The van der Waals surface area contributed by atoms with Crippen molar-refractivity contribution in [2.24, 2.45) is 5.92 Å². The molecule has 20 heavy (non-hydrogen) atoms. The molecule has 0 radical (unpaired) electrons. The molecule has 2 N–H and O–H groups in total. The maximum Gasteiger partial charge on any atom is 0.0897 e. The van der Waals surface area contributed by atoms with Gasteiger partial charge in [0.2, 0.25) is 0 Å². The maximum atomic E-state index is 9.95. The van der Waals surface area contributed by atoms with Gasteiger partial charge in [0.25, 0.3) is 0 Å². The van der Waals surface area contributed by atoms with Gasteiger partial charge in [-0.2, -0.15) is 0 Å². The Morgan fingerprint density at radius 3 is 2.75 bits per heavy atom. The number of hydrogen-bond acceptors (Lipinski definition) is 4. The molecule has 2 aliphatic rings. The molecule has 1 heterocycles. The molecule has 0 aromatic carbocycles. The molecule has 1 saturated heterocycles. The number of nitrogens with zero attached hydrogens (tertiary/aromatic N) is 1. The van der Waals surface area contributed by atoms with Crippen molar-refractivity contribution in [1.82, 2.24) is 10.2 Å². The predicted octanol–water partition coefficient (Wildman–Crippen LogP) is 1.63. The monoisotopic (exact) mass is 284 g/mol. The van der Waals surface area contributed by atoms with Crippen LogP contribution in [-0.2, 0) is 4.74 Å². The summed E-state index contributed by atoms with van der Waals surface area (Å²) in [6, 6.07) is 0. The van der Waals surface area contributed by atoms with E-state index in [1.54, 1.807) is 0 Å².